The molecule has 0 aromatic carbocycles. The van der Waals surface area contributed by atoms with Crippen LogP contribution in [0.4, 0.5) is 9.93 Å². The third-order valence-corrected chi connectivity index (χ3v) is 6.09. The normalized spacial score (nSPS) is 28.0. The van der Waals surface area contributed by atoms with Gasteiger partial charge in [0, 0.05) is 24.7 Å². The van der Waals surface area contributed by atoms with Gasteiger partial charge in [-0.2, -0.15) is 0 Å². The molecule has 1 amide bonds. The minimum absolute atomic E-state index is 0.116. The van der Waals surface area contributed by atoms with Crippen molar-refractivity contribution in [3.8, 4) is 0 Å². The maximum absolute atomic E-state index is 11.8. The van der Waals surface area contributed by atoms with Gasteiger partial charge in [-0.05, 0) is 61.4 Å². The van der Waals surface area contributed by atoms with E-state index in [1.807, 2.05) is 20.8 Å². The summed E-state index contributed by atoms with van der Waals surface area (Å²) in [6.07, 6.45) is 1.37. The van der Waals surface area contributed by atoms with Crippen LogP contribution >= 0.6 is 27.3 Å². The highest BCUT2D eigenvalue weighted by Gasteiger charge is 2.49. The maximum atomic E-state index is 11.8. The first-order valence-corrected chi connectivity index (χ1v) is 9.14. The number of hydrogen-bond donors (Lipinski definition) is 1. The van der Waals surface area contributed by atoms with Gasteiger partial charge in [0.25, 0.3) is 0 Å². The molecule has 0 radical (unpaired) electrons. The number of halogens is 1. The molecular weight excluding hydrogens is 368 g/mol. The smallest absolute Gasteiger partial charge is 0.408 e. The van der Waals surface area contributed by atoms with Crippen LogP contribution in [-0.4, -0.2) is 51.0 Å². The molecule has 22 heavy (non-hydrogen) atoms. The lowest BCUT2D eigenvalue weighted by Crippen LogP contribution is -2.59. The number of amides is 1. The molecule has 1 aliphatic heterocycles. The van der Waals surface area contributed by atoms with Gasteiger partial charge in [-0.25, -0.2) is 4.79 Å². The van der Waals surface area contributed by atoms with Crippen molar-refractivity contribution in [3.05, 3.63) is 3.92 Å². The first-order valence-electron chi connectivity index (χ1n) is 7.53. The fraction of sp³-hybridized carbons (Fsp3) is 0.786. The summed E-state index contributed by atoms with van der Waals surface area (Å²) >= 11 is 4.90. The van der Waals surface area contributed by atoms with Gasteiger partial charge in [0.15, 0.2) is 3.92 Å². The lowest BCUT2D eigenvalue weighted by atomic mass is 9.88. The molecule has 1 unspecified atom stereocenters. The molecule has 1 aromatic rings. The summed E-state index contributed by atoms with van der Waals surface area (Å²) in [5.41, 5.74) is -0.370. The zero-order valence-corrected chi connectivity index (χ0v) is 15.4. The Kier molecular flexibility index (Phi) is 4.09. The maximum Gasteiger partial charge on any atom is 0.408 e. The molecule has 122 valence electrons. The molecule has 2 aliphatic rings. The lowest BCUT2D eigenvalue weighted by Gasteiger charge is -2.47. The van der Waals surface area contributed by atoms with Crippen LogP contribution in [0, 0.1) is 11.8 Å². The zero-order chi connectivity index (χ0) is 16.1. The minimum atomic E-state index is -0.804. The van der Waals surface area contributed by atoms with Crippen LogP contribution < -0.4 is 4.90 Å². The number of carbonyl (C=O) groups is 1. The molecule has 1 aliphatic carbocycles. The molecule has 0 spiro atoms. The van der Waals surface area contributed by atoms with Crippen molar-refractivity contribution >= 4 is 38.5 Å². The van der Waals surface area contributed by atoms with Gasteiger partial charge in [-0.3, -0.25) is 4.90 Å². The van der Waals surface area contributed by atoms with Gasteiger partial charge >= 0.3 is 6.09 Å². The van der Waals surface area contributed by atoms with Gasteiger partial charge in [0.05, 0.1) is 0 Å². The Labute approximate surface area is 142 Å². The Morgan fingerprint density at radius 1 is 1.32 bits per heavy atom. The molecular formula is C14H21BrN4O2S. The molecule has 3 atom stereocenters. The minimum Gasteiger partial charge on any atom is -0.465 e. The van der Waals surface area contributed by atoms with Crippen molar-refractivity contribution in [1.82, 2.24) is 15.1 Å². The van der Waals surface area contributed by atoms with Gasteiger partial charge in [-0.1, -0.05) is 11.3 Å². The molecule has 1 N–H and O–H groups in total. The first-order chi connectivity index (χ1) is 10.3. The highest BCUT2D eigenvalue weighted by atomic mass is 79.9. The Balaban J connectivity index is 1.82. The second-order valence-electron chi connectivity index (χ2n) is 7.15. The molecule has 6 nitrogen and oxygen atoms in total. The molecule has 1 saturated carbocycles. The molecule has 1 aromatic heterocycles. The Morgan fingerprint density at radius 2 is 1.91 bits per heavy atom. The van der Waals surface area contributed by atoms with Crippen molar-refractivity contribution in [2.75, 3.05) is 18.0 Å². The van der Waals surface area contributed by atoms with E-state index in [4.69, 9.17) is 0 Å². The van der Waals surface area contributed by atoms with Gasteiger partial charge in [0.2, 0.25) is 5.13 Å². The van der Waals surface area contributed by atoms with E-state index in [0.717, 1.165) is 35.0 Å². The van der Waals surface area contributed by atoms with Crippen molar-refractivity contribution in [3.63, 3.8) is 0 Å². The van der Waals surface area contributed by atoms with E-state index >= 15 is 0 Å². The monoisotopic (exact) mass is 388 g/mol. The topological polar surface area (TPSA) is 69.6 Å². The van der Waals surface area contributed by atoms with E-state index in [1.54, 1.807) is 4.90 Å². The quantitative estimate of drug-likeness (QED) is 0.841. The Bertz CT molecular complexity index is 559. The summed E-state index contributed by atoms with van der Waals surface area (Å²) in [7, 11) is 0. The SMILES string of the molecule is CC(C)(C)N(C(=O)O)C1[C@@H]2CC[C@H]1CN(c1nnc(Br)s1)C2. The number of hydrogen-bond acceptors (Lipinski definition) is 5. The van der Waals surface area contributed by atoms with Crippen molar-refractivity contribution in [2.24, 2.45) is 11.8 Å². The predicted octanol–water partition coefficient (Wildman–Crippen LogP) is 3.29. The predicted molar refractivity (Wildman–Crippen MR) is 89.4 cm³/mol. The van der Waals surface area contributed by atoms with Gasteiger partial charge in [0.1, 0.15) is 0 Å². The summed E-state index contributed by atoms with van der Waals surface area (Å²) in [6.45, 7) is 7.67. The largest absolute Gasteiger partial charge is 0.465 e. The van der Waals surface area contributed by atoms with Crippen LogP contribution in [0.25, 0.3) is 0 Å². The molecule has 3 rings (SSSR count). The van der Waals surface area contributed by atoms with E-state index in [9.17, 15) is 9.90 Å². The third-order valence-electron chi connectivity index (χ3n) is 4.67. The molecule has 8 heteroatoms. The second kappa shape index (κ2) is 5.63. The summed E-state index contributed by atoms with van der Waals surface area (Å²) in [5.74, 6) is 0.744. The van der Waals surface area contributed by atoms with E-state index in [-0.39, 0.29) is 11.6 Å². The second-order valence-corrected chi connectivity index (χ2v) is 9.39. The Morgan fingerprint density at radius 3 is 2.32 bits per heavy atom. The van der Waals surface area contributed by atoms with Gasteiger partial charge in [-0.15, -0.1) is 10.2 Å². The van der Waals surface area contributed by atoms with E-state index in [1.165, 1.54) is 11.3 Å². The molecule has 2 fully saturated rings. The summed E-state index contributed by atoms with van der Waals surface area (Å²) in [5, 5.41) is 18.9. The average molecular weight is 389 g/mol. The van der Waals surface area contributed by atoms with Crippen LogP contribution in [0.5, 0.6) is 0 Å². The van der Waals surface area contributed by atoms with E-state index in [0.29, 0.717) is 11.8 Å². The van der Waals surface area contributed by atoms with Crippen LogP contribution in [0.15, 0.2) is 3.92 Å². The number of aromatic nitrogens is 2. The van der Waals surface area contributed by atoms with Crippen LogP contribution in [0.3, 0.4) is 0 Å². The summed E-state index contributed by atoms with van der Waals surface area (Å²) in [6, 6.07) is 0.116. The van der Waals surface area contributed by atoms with Gasteiger partial charge < -0.3 is 10.0 Å². The van der Waals surface area contributed by atoms with E-state index < -0.39 is 6.09 Å². The number of carboxylic acid groups (broad SMARTS) is 1. The number of anilines is 1. The van der Waals surface area contributed by atoms with E-state index in [2.05, 4.69) is 31.0 Å². The number of nitrogens with zero attached hydrogens (tertiary/aromatic N) is 4. The van der Waals surface area contributed by atoms with Crippen LogP contribution in [0.2, 0.25) is 0 Å². The zero-order valence-electron chi connectivity index (χ0n) is 13.0. The molecule has 2 heterocycles. The lowest BCUT2D eigenvalue weighted by molar-refractivity contribution is 0.0358. The third kappa shape index (κ3) is 2.82. The summed E-state index contributed by atoms with van der Waals surface area (Å²) in [4.78, 5) is 15.8. The average Bonchev–Trinajstić information content (AvgIpc) is 2.90. The van der Waals surface area contributed by atoms with Crippen molar-refractivity contribution in [1.29, 1.82) is 0 Å². The number of piperidine rings is 1. The number of fused-ring (bicyclic) bond motifs is 2. The fourth-order valence-corrected chi connectivity index (χ4v) is 5.07. The fourth-order valence-electron chi connectivity index (χ4n) is 3.96. The number of rotatable bonds is 2. The Hall–Kier alpha value is -0.890. The molecule has 2 bridgehead atoms. The molecule has 1 saturated heterocycles. The highest BCUT2D eigenvalue weighted by Crippen LogP contribution is 2.44. The van der Waals surface area contributed by atoms with Crippen LogP contribution in [-0.2, 0) is 0 Å². The standard InChI is InChI=1S/C14H21BrN4O2S/c1-14(2,3)19(13(20)21)10-8-4-5-9(10)7-18(6-8)12-17-16-11(15)22-12/h8-10H,4-7H2,1-3H3,(H,20,21)/t8-,9+,10?. The summed E-state index contributed by atoms with van der Waals surface area (Å²) < 4.78 is 0.791. The van der Waals surface area contributed by atoms with Crippen molar-refractivity contribution in [2.45, 2.75) is 45.2 Å². The highest BCUT2D eigenvalue weighted by molar-refractivity contribution is 9.11. The van der Waals surface area contributed by atoms with Crippen LogP contribution in [0.1, 0.15) is 33.6 Å². The first kappa shape index (κ1) is 16.0. The van der Waals surface area contributed by atoms with Crippen molar-refractivity contribution < 1.29 is 9.90 Å².